The van der Waals surface area contributed by atoms with Crippen molar-refractivity contribution in [2.24, 2.45) is 5.92 Å². The molecule has 37 heavy (non-hydrogen) atoms. The van der Waals surface area contributed by atoms with Crippen LogP contribution in [-0.2, 0) is 33.6 Å². The molecule has 11 nitrogen and oxygen atoms in total. The molecule has 0 fully saturated rings. The molecular formula is C25H53NO10S. The second-order valence-electron chi connectivity index (χ2n) is 8.81. The molecule has 0 aliphatic heterocycles. The van der Waals surface area contributed by atoms with E-state index in [1.165, 1.54) is 51.4 Å². The highest BCUT2D eigenvalue weighted by molar-refractivity contribution is 7.80. The number of ether oxygens (including phenoxy) is 3. The molecule has 0 bridgehead atoms. The molecule has 0 aromatic carbocycles. The monoisotopic (exact) mass is 559 g/mol. The van der Waals surface area contributed by atoms with Gasteiger partial charge in [-0.1, -0.05) is 58.3 Å². The van der Waals surface area contributed by atoms with Gasteiger partial charge in [0.25, 0.3) is 0 Å². The van der Waals surface area contributed by atoms with Crippen LogP contribution in [-0.4, -0.2) is 94.6 Å². The van der Waals surface area contributed by atoms with Gasteiger partial charge in [-0.2, -0.15) is 8.42 Å². The molecule has 0 aromatic heterocycles. The number of aliphatic hydroxyl groups is 1. The van der Waals surface area contributed by atoms with Crippen LogP contribution in [0.3, 0.4) is 0 Å². The van der Waals surface area contributed by atoms with Crippen LogP contribution in [0.4, 0.5) is 0 Å². The summed E-state index contributed by atoms with van der Waals surface area (Å²) in [5.41, 5.74) is 0. The predicted octanol–water partition coefficient (Wildman–Crippen LogP) is 3.45. The third-order valence-corrected chi connectivity index (χ3v) is 6.21. The van der Waals surface area contributed by atoms with Gasteiger partial charge >= 0.3 is 16.4 Å². The van der Waals surface area contributed by atoms with Crippen LogP contribution in [0.15, 0.2) is 0 Å². The Morgan fingerprint density at radius 3 is 2.05 bits per heavy atom. The normalized spacial score (nSPS) is 14.0. The highest BCUT2D eigenvalue weighted by Gasteiger charge is 2.27. The first-order valence-electron chi connectivity index (χ1n) is 13.5. The van der Waals surface area contributed by atoms with Crippen LogP contribution < -0.4 is 5.32 Å². The zero-order valence-electron chi connectivity index (χ0n) is 23.4. The van der Waals surface area contributed by atoms with Crippen molar-refractivity contribution < 1.29 is 46.4 Å². The van der Waals surface area contributed by atoms with Crippen molar-refractivity contribution in [2.75, 3.05) is 53.3 Å². The molecule has 0 amide bonds. The third-order valence-electron chi connectivity index (χ3n) is 5.79. The summed E-state index contributed by atoms with van der Waals surface area (Å²) in [5.74, 6) is -0.535. The number of aliphatic hydroxyl groups excluding tert-OH is 1. The average molecular weight is 560 g/mol. The van der Waals surface area contributed by atoms with E-state index in [1.807, 2.05) is 6.92 Å². The molecule has 0 saturated heterocycles. The van der Waals surface area contributed by atoms with Crippen molar-refractivity contribution in [2.45, 2.75) is 97.1 Å². The molecular weight excluding hydrogens is 506 g/mol. The van der Waals surface area contributed by atoms with Gasteiger partial charge in [0.15, 0.2) is 0 Å². The number of hydrogen-bond acceptors (Lipinski definition) is 9. The van der Waals surface area contributed by atoms with Crippen LogP contribution in [0.25, 0.3) is 0 Å². The van der Waals surface area contributed by atoms with E-state index in [2.05, 4.69) is 23.3 Å². The van der Waals surface area contributed by atoms with Crippen molar-refractivity contribution in [1.29, 1.82) is 0 Å². The predicted molar refractivity (Wildman–Crippen MR) is 143 cm³/mol. The standard InChI is InChI=1S/C24H49NO6.CH4O4S/c1-4-6-7-8-9-10-11-12-13-22(23(31-5-2)20-30-19-16-26)21(3)25-15-18-29-17-14-24(27)28;1-5-6(2,3)4/h21-23,25-26H,4-20H2,1-3H3,(H,27,28);1H3,(H,2,3,4). The summed E-state index contributed by atoms with van der Waals surface area (Å²) in [6.45, 7) is 9.28. The summed E-state index contributed by atoms with van der Waals surface area (Å²) >= 11 is 0. The lowest BCUT2D eigenvalue weighted by Gasteiger charge is -2.32. The van der Waals surface area contributed by atoms with Crippen molar-refractivity contribution >= 4 is 16.4 Å². The zero-order valence-corrected chi connectivity index (χ0v) is 24.2. The van der Waals surface area contributed by atoms with E-state index in [0.29, 0.717) is 38.9 Å². The van der Waals surface area contributed by atoms with Gasteiger partial charge in [0.2, 0.25) is 0 Å². The minimum atomic E-state index is -4.16. The first-order chi connectivity index (χ1) is 17.6. The number of carboxylic acid groups (broad SMARTS) is 1. The van der Waals surface area contributed by atoms with Gasteiger partial charge in [0.05, 0.1) is 52.7 Å². The second kappa shape index (κ2) is 26.7. The lowest BCUT2D eigenvalue weighted by atomic mass is 9.88. The van der Waals surface area contributed by atoms with Gasteiger partial charge in [-0.05, 0) is 20.3 Å². The largest absolute Gasteiger partial charge is 0.481 e. The Kier molecular flexibility index (Phi) is 27.7. The minimum Gasteiger partial charge on any atom is -0.481 e. The maximum Gasteiger partial charge on any atom is 0.397 e. The highest BCUT2D eigenvalue weighted by atomic mass is 32.3. The number of carbonyl (C=O) groups is 1. The number of hydrogen-bond donors (Lipinski definition) is 4. The van der Waals surface area contributed by atoms with Crippen molar-refractivity contribution in [3.8, 4) is 0 Å². The lowest BCUT2D eigenvalue weighted by molar-refractivity contribution is -0.138. The fourth-order valence-corrected chi connectivity index (χ4v) is 3.82. The van der Waals surface area contributed by atoms with Crippen LogP contribution in [0, 0.1) is 5.92 Å². The summed E-state index contributed by atoms with van der Waals surface area (Å²) in [7, 11) is -3.29. The van der Waals surface area contributed by atoms with E-state index >= 15 is 0 Å². The molecule has 4 N–H and O–H groups in total. The number of rotatable bonds is 25. The van der Waals surface area contributed by atoms with Gasteiger partial charge in [-0.25, -0.2) is 0 Å². The van der Waals surface area contributed by atoms with Crippen LogP contribution in [0.1, 0.15) is 85.0 Å². The van der Waals surface area contributed by atoms with Crippen molar-refractivity contribution in [3.63, 3.8) is 0 Å². The molecule has 224 valence electrons. The summed E-state index contributed by atoms with van der Waals surface area (Å²) in [5, 5.41) is 21.2. The summed E-state index contributed by atoms with van der Waals surface area (Å²) < 4.78 is 46.7. The molecule has 0 aromatic rings. The molecule has 0 heterocycles. The Balaban J connectivity index is 0. The topological polar surface area (TPSA) is 161 Å². The van der Waals surface area contributed by atoms with Crippen molar-refractivity contribution in [3.05, 3.63) is 0 Å². The second-order valence-corrected chi connectivity index (χ2v) is 10.0. The van der Waals surface area contributed by atoms with E-state index in [0.717, 1.165) is 13.5 Å². The van der Waals surface area contributed by atoms with Crippen LogP contribution >= 0.6 is 0 Å². The van der Waals surface area contributed by atoms with Gasteiger partial charge in [0, 0.05) is 25.1 Å². The van der Waals surface area contributed by atoms with Gasteiger partial charge in [-0.15, -0.1) is 0 Å². The fraction of sp³-hybridized carbons (Fsp3) is 0.960. The highest BCUT2D eigenvalue weighted by Crippen LogP contribution is 2.22. The van der Waals surface area contributed by atoms with E-state index in [1.54, 1.807) is 0 Å². The average Bonchev–Trinajstić information content (AvgIpc) is 2.84. The molecule has 0 radical (unpaired) electrons. The maximum atomic E-state index is 10.5. The van der Waals surface area contributed by atoms with Crippen molar-refractivity contribution in [1.82, 2.24) is 5.32 Å². The Morgan fingerprint density at radius 1 is 0.946 bits per heavy atom. The number of nitrogens with one attached hydrogen (secondary N) is 1. The van der Waals surface area contributed by atoms with Gasteiger partial charge in [0.1, 0.15) is 0 Å². The third kappa shape index (κ3) is 28.0. The molecule has 3 atom stereocenters. The molecule has 3 unspecified atom stereocenters. The van der Waals surface area contributed by atoms with Gasteiger partial charge < -0.3 is 29.7 Å². The van der Waals surface area contributed by atoms with Crippen LogP contribution in [0.5, 0.6) is 0 Å². The van der Waals surface area contributed by atoms with E-state index in [4.69, 9.17) is 29.0 Å². The minimum absolute atomic E-state index is 0.0169. The fourth-order valence-electron chi connectivity index (χ4n) is 3.82. The van der Waals surface area contributed by atoms with E-state index < -0.39 is 16.4 Å². The quantitative estimate of drug-likeness (QED) is 0.0957. The Labute approximate surface area is 224 Å². The van der Waals surface area contributed by atoms with E-state index in [-0.39, 0.29) is 31.8 Å². The molecule has 0 rings (SSSR count). The summed E-state index contributed by atoms with van der Waals surface area (Å²) in [6, 6.07) is 0.224. The first kappa shape index (κ1) is 38.3. The maximum absolute atomic E-state index is 10.5. The number of carboxylic acids is 1. The Bertz CT molecular complexity index is 606. The van der Waals surface area contributed by atoms with Gasteiger partial charge in [-0.3, -0.25) is 13.5 Å². The molecule has 0 spiro atoms. The first-order valence-corrected chi connectivity index (χ1v) is 14.8. The molecule has 0 aliphatic carbocycles. The molecule has 12 heteroatoms. The smallest absolute Gasteiger partial charge is 0.397 e. The Hall–Kier alpha value is -0.860. The number of aliphatic carboxylic acids is 1. The van der Waals surface area contributed by atoms with E-state index in [9.17, 15) is 13.2 Å². The Morgan fingerprint density at radius 2 is 1.54 bits per heavy atom. The zero-order chi connectivity index (χ0) is 28.4. The molecule has 0 aliphatic rings. The summed E-state index contributed by atoms with van der Waals surface area (Å²) in [6.07, 6.45) is 11.4. The lowest BCUT2D eigenvalue weighted by Crippen LogP contribution is -2.44. The molecule has 0 saturated carbocycles. The number of unbranched alkanes of at least 4 members (excludes halogenated alkanes) is 7. The summed E-state index contributed by atoms with van der Waals surface area (Å²) in [4.78, 5) is 10.5. The van der Waals surface area contributed by atoms with Crippen LogP contribution in [0.2, 0.25) is 0 Å². The SMILES string of the molecule is CCCCCCCCCCC(C(C)NCCOCCC(=O)O)C(COCCO)OCC.COS(=O)(=O)O.